The van der Waals surface area contributed by atoms with Crippen LogP contribution in [-0.4, -0.2) is 11.3 Å². The Labute approximate surface area is 64.1 Å². The number of nitrogens with one attached hydrogen (secondary N) is 2. The Morgan fingerprint density at radius 1 is 1.55 bits per heavy atom. The molecule has 11 heavy (non-hydrogen) atoms. The zero-order valence-corrected chi connectivity index (χ0v) is 5.92. The van der Waals surface area contributed by atoms with E-state index in [9.17, 15) is 4.79 Å². The first-order valence-corrected chi connectivity index (χ1v) is 3.47. The van der Waals surface area contributed by atoms with Crippen molar-refractivity contribution in [2.45, 2.75) is 6.54 Å². The third-order valence-corrected chi connectivity index (χ3v) is 1.81. The second kappa shape index (κ2) is 2.27. The normalized spacial score (nSPS) is 13.8. The second-order valence-corrected chi connectivity index (χ2v) is 2.47. The Morgan fingerprint density at radius 2 is 2.45 bits per heavy atom. The molecule has 0 unspecified atom stereocenters. The highest BCUT2D eigenvalue weighted by Gasteiger charge is 2.09. The van der Waals surface area contributed by atoms with E-state index in [4.69, 9.17) is 0 Å². The van der Waals surface area contributed by atoms with E-state index in [1.54, 1.807) is 6.20 Å². The number of hydrogen-bond donors (Lipinski definition) is 2. The van der Waals surface area contributed by atoms with Gasteiger partial charge in [0.05, 0.1) is 6.54 Å². The number of rotatable bonds is 1. The first kappa shape index (κ1) is 6.22. The molecule has 0 bridgehead atoms. The van der Waals surface area contributed by atoms with Crippen molar-refractivity contribution in [3.63, 3.8) is 0 Å². The van der Waals surface area contributed by atoms with Crippen LogP contribution in [0.15, 0.2) is 12.4 Å². The summed E-state index contributed by atoms with van der Waals surface area (Å²) < 4.78 is 0. The van der Waals surface area contributed by atoms with Gasteiger partial charge >= 0.3 is 0 Å². The van der Waals surface area contributed by atoms with Crippen molar-refractivity contribution < 1.29 is 4.79 Å². The van der Waals surface area contributed by atoms with Gasteiger partial charge in [0.15, 0.2) is 6.29 Å². The summed E-state index contributed by atoms with van der Waals surface area (Å²) in [6, 6.07) is 0. The monoisotopic (exact) mass is 148 g/mol. The van der Waals surface area contributed by atoms with Gasteiger partial charge in [0, 0.05) is 23.0 Å². The number of H-pyrrole nitrogens is 1. The van der Waals surface area contributed by atoms with E-state index in [-0.39, 0.29) is 0 Å². The molecule has 3 heteroatoms. The molecular formula is C8H8N2O. The summed E-state index contributed by atoms with van der Waals surface area (Å²) in [5, 5.41) is 3.05. The average Bonchev–Trinajstić information content (AvgIpc) is 2.47. The zero-order valence-electron chi connectivity index (χ0n) is 5.92. The van der Waals surface area contributed by atoms with Crippen LogP contribution in [0, 0.1) is 0 Å². The molecule has 0 saturated heterocycles. The molecule has 56 valence electrons. The summed E-state index contributed by atoms with van der Waals surface area (Å²) in [6.07, 6.45) is 6.35. The molecule has 1 aromatic rings. The van der Waals surface area contributed by atoms with Crippen molar-refractivity contribution in [1.82, 2.24) is 10.3 Å². The standard InChI is InChI=1S/C8H8N2O/c11-5-6-3-10-8-4-9-2-1-7(6)8/h1-3,5,9-10H,4H2. The maximum Gasteiger partial charge on any atom is 0.152 e. The van der Waals surface area contributed by atoms with Gasteiger partial charge < -0.3 is 10.3 Å². The predicted octanol–water partition coefficient (Wildman–Crippen LogP) is 0.901. The number of hydrogen-bond acceptors (Lipinski definition) is 2. The molecule has 3 nitrogen and oxygen atoms in total. The molecule has 0 radical (unpaired) electrons. The lowest BCUT2D eigenvalue weighted by molar-refractivity contribution is 0.112. The molecule has 1 aliphatic rings. The highest BCUT2D eigenvalue weighted by Crippen LogP contribution is 2.16. The molecule has 0 amide bonds. The van der Waals surface area contributed by atoms with E-state index in [1.165, 1.54) is 0 Å². The fourth-order valence-corrected chi connectivity index (χ4v) is 1.24. The fourth-order valence-electron chi connectivity index (χ4n) is 1.24. The molecule has 0 fully saturated rings. The minimum atomic E-state index is 0.734. The molecule has 0 aliphatic carbocycles. The van der Waals surface area contributed by atoms with E-state index in [0.29, 0.717) is 0 Å². The quantitative estimate of drug-likeness (QED) is 0.581. The van der Waals surface area contributed by atoms with Crippen LogP contribution in [0.2, 0.25) is 0 Å². The third-order valence-electron chi connectivity index (χ3n) is 1.81. The summed E-state index contributed by atoms with van der Waals surface area (Å²) in [5.74, 6) is 0. The van der Waals surface area contributed by atoms with Crippen molar-refractivity contribution in [3.8, 4) is 0 Å². The molecule has 2 heterocycles. The van der Waals surface area contributed by atoms with E-state index in [2.05, 4.69) is 10.3 Å². The van der Waals surface area contributed by atoms with Gasteiger partial charge in [-0.2, -0.15) is 0 Å². The molecule has 1 aliphatic heterocycles. The lowest BCUT2D eigenvalue weighted by Crippen LogP contribution is -2.09. The largest absolute Gasteiger partial charge is 0.385 e. The number of fused-ring (bicyclic) bond motifs is 1. The van der Waals surface area contributed by atoms with E-state index in [1.807, 2.05) is 12.3 Å². The van der Waals surface area contributed by atoms with Crippen LogP contribution in [-0.2, 0) is 6.54 Å². The molecule has 0 saturated carbocycles. The summed E-state index contributed by atoms with van der Waals surface area (Å²) in [5.41, 5.74) is 2.83. The Hall–Kier alpha value is -1.51. The van der Waals surface area contributed by atoms with Gasteiger partial charge in [0.2, 0.25) is 0 Å². The van der Waals surface area contributed by atoms with Crippen LogP contribution in [0.3, 0.4) is 0 Å². The Kier molecular flexibility index (Phi) is 1.28. The predicted molar refractivity (Wildman–Crippen MR) is 42.1 cm³/mol. The van der Waals surface area contributed by atoms with Crippen molar-refractivity contribution in [2.75, 3.05) is 0 Å². The van der Waals surface area contributed by atoms with Gasteiger partial charge in [0.25, 0.3) is 0 Å². The molecule has 0 spiro atoms. The smallest absolute Gasteiger partial charge is 0.152 e. The average molecular weight is 148 g/mol. The molecular weight excluding hydrogens is 140 g/mol. The summed E-state index contributed by atoms with van der Waals surface area (Å²) in [4.78, 5) is 13.5. The number of carbonyl (C=O) groups excluding carboxylic acids is 1. The molecule has 2 N–H and O–H groups in total. The lowest BCUT2D eigenvalue weighted by Gasteiger charge is -2.06. The lowest BCUT2D eigenvalue weighted by atomic mass is 10.1. The topological polar surface area (TPSA) is 44.9 Å². The van der Waals surface area contributed by atoms with Crippen LogP contribution in [0.4, 0.5) is 0 Å². The number of aldehydes is 1. The Morgan fingerprint density at radius 3 is 3.27 bits per heavy atom. The van der Waals surface area contributed by atoms with Gasteiger partial charge in [0.1, 0.15) is 0 Å². The maximum absolute atomic E-state index is 10.5. The van der Waals surface area contributed by atoms with Crippen LogP contribution >= 0.6 is 0 Å². The van der Waals surface area contributed by atoms with E-state index in [0.717, 1.165) is 29.7 Å². The SMILES string of the molecule is O=Cc1c[nH]c2c1C=CNC2. The van der Waals surface area contributed by atoms with Crippen LogP contribution < -0.4 is 5.32 Å². The van der Waals surface area contributed by atoms with Gasteiger partial charge in [-0.05, 0) is 12.3 Å². The van der Waals surface area contributed by atoms with Crippen LogP contribution in [0.5, 0.6) is 0 Å². The Balaban J connectivity index is 2.56. The molecule has 0 aromatic carbocycles. The van der Waals surface area contributed by atoms with Gasteiger partial charge in [-0.25, -0.2) is 0 Å². The van der Waals surface area contributed by atoms with Crippen LogP contribution in [0.1, 0.15) is 21.6 Å². The van der Waals surface area contributed by atoms with Crippen molar-refractivity contribution >= 4 is 12.4 Å². The number of aromatic nitrogens is 1. The minimum Gasteiger partial charge on any atom is -0.385 e. The van der Waals surface area contributed by atoms with Crippen molar-refractivity contribution in [1.29, 1.82) is 0 Å². The Bertz CT molecular complexity index is 312. The highest BCUT2D eigenvalue weighted by molar-refractivity contribution is 5.82. The highest BCUT2D eigenvalue weighted by atomic mass is 16.1. The van der Waals surface area contributed by atoms with Gasteiger partial charge in [-0.15, -0.1) is 0 Å². The zero-order chi connectivity index (χ0) is 7.68. The third kappa shape index (κ3) is 0.852. The van der Waals surface area contributed by atoms with E-state index < -0.39 is 0 Å². The van der Waals surface area contributed by atoms with Crippen molar-refractivity contribution in [2.24, 2.45) is 0 Å². The maximum atomic E-state index is 10.5. The van der Waals surface area contributed by atoms with Gasteiger partial charge in [-0.1, -0.05) is 0 Å². The summed E-state index contributed by atoms with van der Waals surface area (Å²) in [6.45, 7) is 0.777. The molecule has 2 rings (SSSR count). The fraction of sp³-hybridized carbons (Fsp3) is 0.125. The first-order valence-electron chi connectivity index (χ1n) is 3.47. The summed E-state index contributed by atoms with van der Waals surface area (Å²) in [7, 11) is 0. The summed E-state index contributed by atoms with van der Waals surface area (Å²) >= 11 is 0. The first-order chi connectivity index (χ1) is 5.42. The van der Waals surface area contributed by atoms with Gasteiger partial charge in [-0.3, -0.25) is 4.79 Å². The molecule has 0 atom stereocenters. The number of aromatic amines is 1. The van der Waals surface area contributed by atoms with Crippen LogP contribution in [0.25, 0.3) is 6.08 Å². The minimum absolute atomic E-state index is 0.734. The van der Waals surface area contributed by atoms with Crippen molar-refractivity contribution in [3.05, 3.63) is 29.2 Å². The van der Waals surface area contributed by atoms with E-state index >= 15 is 0 Å². The number of carbonyl (C=O) groups is 1. The molecule has 1 aromatic heterocycles. The second-order valence-electron chi connectivity index (χ2n) is 2.47.